The van der Waals surface area contributed by atoms with Gasteiger partial charge in [-0.15, -0.1) is 0 Å². The molecule has 0 aliphatic carbocycles. The molecule has 1 amide bonds. The number of aryl methyl sites for hydroxylation is 1. The molecule has 35 heavy (non-hydrogen) atoms. The number of aliphatic hydroxyl groups excluding tert-OH is 1. The number of nitrogens with zero attached hydrogens (tertiary/aromatic N) is 2. The van der Waals surface area contributed by atoms with Gasteiger partial charge < -0.3 is 19.6 Å². The van der Waals surface area contributed by atoms with Gasteiger partial charge in [0.1, 0.15) is 11.5 Å². The van der Waals surface area contributed by atoms with E-state index in [0.717, 1.165) is 40.7 Å². The second-order valence-electron chi connectivity index (χ2n) is 8.86. The number of hydrogen-bond donors (Lipinski definition) is 1. The molecule has 0 aromatic heterocycles. The molecule has 1 heterocycles. The molecular formula is C29H32N2O4. The smallest absolute Gasteiger partial charge is 0.295 e. The van der Waals surface area contributed by atoms with Gasteiger partial charge in [-0.05, 0) is 54.5 Å². The van der Waals surface area contributed by atoms with Crippen molar-refractivity contribution in [3.05, 3.63) is 82.9 Å². The first-order chi connectivity index (χ1) is 16.9. The third-order valence-corrected chi connectivity index (χ3v) is 6.81. The minimum absolute atomic E-state index is 0.131. The molecule has 6 nitrogen and oxygen atoms in total. The summed E-state index contributed by atoms with van der Waals surface area (Å²) in [6.45, 7) is 8.91. The summed E-state index contributed by atoms with van der Waals surface area (Å²) in [5.74, 6) is -0.637. The average Bonchev–Trinajstić information content (AvgIpc) is 3.13. The van der Waals surface area contributed by atoms with Gasteiger partial charge >= 0.3 is 0 Å². The van der Waals surface area contributed by atoms with E-state index in [9.17, 15) is 14.7 Å². The molecule has 1 saturated heterocycles. The SMILES string of the molecule is CCN(CC)CCN1C(=O)C(=O)/C(=C(/O)c2ccc3cc(OC)ccc3c2)C1c1ccc(C)cc1. The van der Waals surface area contributed by atoms with Gasteiger partial charge in [0.2, 0.25) is 0 Å². The van der Waals surface area contributed by atoms with E-state index < -0.39 is 17.7 Å². The Morgan fingerprint density at radius 2 is 1.63 bits per heavy atom. The maximum absolute atomic E-state index is 13.3. The van der Waals surface area contributed by atoms with Crippen LogP contribution in [0.4, 0.5) is 0 Å². The molecule has 1 aliphatic rings. The Morgan fingerprint density at radius 3 is 2.29 bits per heavy atom. The number of likely N-dealkylation sites (tertiary alicyclic amines) is 1. The number of rotatable bonds is 8. The molecule has 1 N–H and O–H groups in total. The highest BCUT2D eigenvalue weighted by molar-refractivity contribution is 6.46. The van der Waals surface area contributed by atoms with Gasteiger partial charge in [-0.2, -0.15) is 0 Å². The molecule has 0 spiro atoms. The lowest BCUT2D eigenvalue weighted by Crippen LogP contribution is -2.38. The monoisotopic (exact) mass is 472 g/mol. The molecular weight excluding hydrogens is 440 g/mol. The topological polar surface area (TPSA) is 70.1 Å². The largest absolute Gasteiger partial charge is 0.507 e. The van der Waals surface area contributed by atoms with Crippen LogP contribution < -0.4 is 4.74 Å². The van der Waals surface area contributed by atoms with Crippen LogP contribution in [0.15, 0.2) is 66.2 Å². The van der Waals surface area contributed by atoms with E-state index in [1.54, 1.807) is 18.1 Å². The summed E-state index contributed by atoms with van der Waals surface area (Å²) in [6.07, 6.45) is 0. The summed E-state index contributed by atoms with van der Waals surface area (Å²) in [4.78, 5) is 30.3. The van der Waals surface area contributed by atoms with E-state index in [4.69, 9.17) is 4.74 Å². The number of ether oxygens (including phenoxy) is 1. The van der Waals surface area contributed by atoms with Gasteiger partial charge in [0.05, 0.1) is 18.7 Å². The Balaban J connectivity index is 1.80. The van der Waals surface area contributed by atoms with E-state index in [1.165, 1.54) is 0 Å². The number of fused-ring (bicyclic) bond motifs is 1. The average molecular weight is 473 g/mol. The van der Waals surface area contributed by atoms with Crippen LogP contribution >= 0.6 is 0 Å². The van der Waals surface area contributed by atoms with Crippen molar-refractivity contribution in [1.82, 2.24) is 9.80 Å². The zero-order valence-electron chi connectivity index (χ0n) is 20.7. The number of likely N-dealkylation sites (N-methyl/N-ethyl adjacent to an activating group) is 1. The highest BCUT2D eigenvalue weighted by Gasteiger charge is 2.45. The molecule has 1 aliphatic heterocycles. The summed E-state index contributed by atoms with van der Waals surface area (Å²) in [5.41, 5.74) is 2.52. The van der Waals surface area contributed by atoms with Crippen molar-refractivity contribution in [2.24, 2.45) is 0 Å². The molecule has 4 rings (SSSR count). The van der Waals surface area contributed by atoms with Crippen molar-refractivity contribution in [1.29, 1.82) is 0 Å². The number of hydrogen-bond acceptors (Lipinski definition) is 5. The molecule has 0 bridgehead atoms. The fraction of sp³-hybridized carbons (Fsp3) is 0.310. The number of methoxy groups -OCH3 is 1. The second kappa shape index (κ2) is 10.3. The quantitative estimate of drug-likeness (QED) is 0.286. The molecule has 1 fully saturated rings. The lowest BCUT2D eigenvalue weighted by molar-refractivity contribution is -0.140. The summed E-state index contributed by atoms with van der Waals surface area (Å²) in [5, 5.41) is 13.2. The predicted molar refractivity (Wildman–Crippen MR) is 138 cm³/mol. The van der Waals surface area contributed by atoms with E-state index >= 15 is 0 Å². The number of benzene rings is 3. The van der Waals surface area contributed by atoms with Crippen LogP contribution in [0.2, 0.25) is 0 Å². The predicted octanol–water partition coefficient (Wildman–Crippen LogP) is 4.92. The first-order valence-electron chi connectivity index (χ1n) is 12.0. The third kappa shape index (κ3) is 4.80. The van der Waals surface area contributed by atoms with Gasteiger partial charge in [-0.25, -0.2) is 0 Å². The number of aliphatic hydroxyl groups is 1. The molecule has 3 aromatic carbocycles. The maximum atomic E-state index is 13.3. The summed E-state index contributed by atoms with van der Waals surface area (Å²) >= 11 is 0. The van der Waals surface area contributed by atoms with Gasteiger partial charge in [-0.1, -0.05) is 61.9 Å². The van der Waals surface area contributed by atoms with Crippen LogP contribution in [0.1, 0.15) is 36.6 Å². The lowest BCUT2D eigenvalue weighted by atomic mass is 9.94. The molecule has 6 heteroatoms. The molecule has 1 unspecified atom stereocenters. The van der Waals surface area contributed by atoms with Gasteiger partial charge in [0.15, 0.2) is 0 Å². The van der Waals surface area contributed by atoms with E-state index in [0.29, 0.717) is 18.7 Å². The van der Waals surface area contributed by atoms with Crippen molar-refractivity contribution < 1.29 is 19.4 Å². The normalized spacial score (nSPS) is 17.5. The summed E-state index contributed by atoms with van der Waals surface area (Å²) in [6, 6.07) is 18.3. The van der Waals surface area contributed by atoms with E-state index in [-0.39, 0.29) is 11.3 Å². The zero-order chi connectivity index (χ0) is 25.1. The maximum Gasteiger partial charge on any atom is 0.295 e. The Labute approximate surface area is 206 Å². The Kier molecular flexibility index (Phi) is 7.22. The standard InChI is InChI=1S/C29H32N2O4/c1-5-30(6-2)15-16-31-26(20-9-7-19(3)8-10-20)25(28(33)29(31)34)27(32)23-12-11-22-18-24(35-4)14-13-21(22)17-23/h7-14,17-18,26,32H,5-6,15-16H2,1-4H3/b27-25+. The number of carbonyl (C=O) groups excluding carboxylic acids is 2. The first-order valence-corrected chi connectivity index (χ1v) is 12.0. The molecule has 182 valence electrons. The highest BCUT2D eigenvalue weighted by Crippen LogP contribution is 2.39. The lowest BCUT2D eigenvalue weighted by Gasteiger charge is -2.28. The summed E-state index contributed by atoms with van der Waals surface area (Å²) < 4.78 is 5.30. The van der Waals surface area contributed by atoms with Crippen molar-refractivity contribution in [3.63, 3.8) is 0 Å². The fourth-order valence-electron chi connectivity index (χ4n) is 4.65. The Morgan fingerprint density at radius 1 is 0.971 bits per heavy atom. The van der Waals surface area contributed by atoms with Crippen LogP contribution in [0.25, 0.3) is 16.5 Å². The van der Waals surface area contributed by atoms with Gasteiger partial charge in [0, 0.05) is 18.7 Å². The second-order valence-corrected chi connectivity index (χ2v) is 8.86. The number of Topliss-reactive ketones (excluding diaryl/α,β-unsaturated/α-hetero) is 1. The number of ketones is 1. The van der Waals surface area contributed by atoms with Crippen molar-refractivity contribution in [2.75, 3.05) is 33.3 Å². The minimum Gasteiger partial charge on any atom is -0.507 e. The first kappa shape index (κ1) is 24.5. The van der Waals surface area contributed by atoms with Crippen molar-refractivity contribution >= 4 is 28.2 Å². The van der Waals surface area contributed by atoms with Crippen LogP contribution in [-0.4, -0.2) is 59.9 Å². The van der Waals surface area contributed by atoms with Crippen LogP contribution in [-0.2, 0) is 9.59 Å². The van der Waals surface area contributed by atoms with Crippen LogP contribution in [0.3, 0.4) is 0 Å². The van der Waals surface area contributed by atoms with Crippen molar-refractivity contribution in [3.8, 4) is 5.75 Å². The van der Waals surface area contributed by atoms with E-state index in [2.05, 4.69) is 18.7 Å². The van der Waals surface area contributed by atoms with Gasteiger partial charge in [0.25, 0.3) is 11.7 Å². The molecule has 3 aromatic rings. The zero-order valence-corrected chi connectivity index (χ0v) is 20.7. The molecule has 0 saturated carbocycles. The highest BCUT2D eigenvalue weighted by atomic mass is 16.5. The van der Waals surface area contributed by atoms with Crippen LogP contribution in [0, 0.1) is 6.92 Å². The molecule has 0 radical (unpaired) electrons. The van der Waals surface area contributed by atoms with Gasteiger partial charge in [-0.3, -0.25) is 9.59 Å². The van der Waals surface area contributed by atoms with E-state index in [1.807, 2.05) is 61.5 Å². The Bertz CT molecular complexity index is 1280. The number of amides is 1. The fourth-order valence-corrected chi connectivity index (χ4v) is 4.65. The third-order valence-electron chi connectivity index (χ3n) is 6.81. The minimum atomic E-state index is -0.651. The number of carbonyl (C=O) groups is 2. The molecule has 1 atom stereocenters. The van der Waals surface area contributed by atoms with Crippen molar-refractivity contribution in [2.45, 2.75) is 26.8 Å². The Hall–Kier alpha value is -3.64. The summed E-state index contributed by atoms with van der Waals surface area (Å²) in [7, 11) is 1.62. The van der Waals surface area contributed by atoms with Crippen LogP contribution in [0.5, 0.6) is 5.75 Å².